The van der Waals surface area contributed by atoms with E-state index in [0.29, 0.717) is 11.6 Å². The van der Waals surface area contributed by atoms with Crippen molar-refractivity contribution in [2.45, 2.75) is 41.6 Å². The van der Waals surface area contributed by atoms with Crippen LogP contribution in [0, 0.1) is 0 Å². The number of aromatic nitrogens is 2. The van der Waals surface area contributed by atoms with Crippen molar-refractivity contribution in [3.63, 3.8) is 0 Å². The van der Waals surface area contributed by atoms with Crippen LogP contribution in [0.2, 0.25) is 0 Å². The van der Waals surface area contributed by atoms with Gasteiger partial charge in [-0.2, -0.15) is 13.2 Å². The highest BCUT2D eigenvalue weighted by atomic mass is 32.2. The highest BCUT2D eigenvalue weighted by molar-refractivity contribution is 8.00. The van der Waals surface area contributed by atoms with E-state index in [0.717, 1.165) is 16.0 Å². The third-order valence-corrected chi connectivity index (χ3v) is 7.96. The van der Waals surface area contributed by atoms with Crippen LogP contribution in [-0.4, -0.2) is 61.1 Å². The maximum Gasteiger partial charge on any atom is 0.446 e. The smallest absolute Gasteiger partial charge is 0.363 e. The van der Waals surface area contributed by atoms with Gasteiger partial charge in [-0.3, -0.25) is 4.79 Å². The number of anilines is 3. The van der Waals surface area contributed by atoms with Crippen LogP contribution in [0.25, 0.3) is 0 Å². The number of amides is 3. The largest absolute Gasteiger partial charge is 0.446 e. The van der Waals surface area contributed by atoms with E-state index < -0.39 is 34.8 Å². The molecule has 8 nitrogen and oxygen atoms in total. The summed E-state index contributed by atoms with van der Waals surface area (Å²) < 4.78 is 38.5. The van der Waals surface area contributed by atoms with Crippen LogP contribution in [-0.2, 0) is 4.79 Å². The zero-order valence-corrected chi connectivity index (χ0v) is 23.8. The Morgan fingerprint density at radius 2 is 1.32 bits per heavy atom. The molecular formula is C28H31F3N6O2S. The number of carbonyl (C=O) groups excluding carboxylic acids is 2. The fraction of sp³-hybridized carbons (Fsp3) is 0.357. The van der Waals surface area contributed by atoms with Crippen LogP contribution in [0.3, 0.4) is 0 Å². The topological polar surface area (TPSA) is 81.7 Å². The number of benzene rings is 1. The molecule has 1 saturated heterocycles. The van der Waals surface area contributed by atoms with Crippen molar-refractivity contribution in [3.05, 3.63) is 72.1 Å². The van der Waals surface area contributed by atoms with Gasteiger partial charge < -0.3 is 15.1 Å². The molecule has 3 heterocycles. The molecule has 0 aliphatic carbocycles. The number of pyridine rings is 2. The van der Waals surface area contributed by atoms with Crippen LogP contribution < -0.4 is 20.0 Å². The molecule has 1 fully saturated rings. The van der Waals surface area contributed by atoms with Crippen molar-refractivity contribution in [1.82, 2.24) is 15.3 Å². The molecule has 2 aromatic heterocycles. The van der Waals surface area contributed by atoms with Gasteiger partial charge in [-0.25, -0.2) is 19.7 Å². The summed E-state index contributed by atoms with van der Waals surface area (Å²) in [6, 6.07) is 11.9. The van der Waals surface area contributed by atoms with Crippen LogP contribution in [0.4, 0.5) is 35.3 Å². The summed E-state index contributed by atoms with van der Waals surface area (Å²) in [5, 5.41) is 3.00. The Hall–Kier alpha value is -3.80. The number of hydrogen-bond donors (Lipinski definition) is 1. The molecule has 2 unspecified atom stereocenters. The minimum atomic E-state index is -4.45. The summed E-state index contributed by atoms with van der Waals surface area (Å²) in [6.45, 7) is 3.76. The maximum absolute atomic E-state index is 14.4. The molecule has 1 aliphatic rings. The Kier molecular flexibility index (Phi) is 8.02. The third kappa shape index (κ3) is 5.58. The molecule has 1 aliphatic heterocycles. The van der Waals surface area contributed by atoms with Gasteiger partial charge in [0.15, 0.2) is 0 Å². The molecule has 1 aromatic carbocycles. The zero-order valence-electron chi connectivity index (χ0n) is 23.0. The number of halogens is 3. The predicted octanol–water partition coefficient (Wildman–Crippen LogP) is 5.62. The van der Waals surface area contributed by atoms with Crippen LogP contribution in [0.15, 0.2) is 65.8 Å². The molecule has 40 heavy (non-hydrogen) atoms. The highest BCUT2D eigenvalue weighted by Crippen LogP contribution is 2.46. The normalized spacial score (nSPS) is 18.9. The molecule has 0 bridgehead atoms. The minimum Gasteiger partial charge on any atom is -0.363 e. The summed E-state index contributed by atoms with van der Waals surface area (Å²) in [7, 11) is 7.44. The minimum absolute atomic E-state index is 0.0442. The lowest BCUT2D eigenvalue weighted by molar-refractivity contribution is -0.123. The first-order chi connectivity index (χ1) is 18.7. The molecule has 12 heteroatoms. The van der Waals surface area contributed by atoms with Gasteiger partial charge in [0.2, 0.25) is 0 Å². The van der Waals surface area contributed by atoms with Gasteiger partial charge in [0.1, 0.15) is 17.2 Å². The van der Waals surface area contributed by atoms with Crippen LogP contribution >= 0.6 is 11.8 Å². The van der Waals surface area contributed by atoms with Crippen molar-refractivity contribution in [1.29, 1.82) is 0 Å². The van der Waals surface area contributed by atoms with Gasteiger partial charge in [-0.15, -0.1) is 0 Å². The number of urea groups is 1. The van der Waals surface area contributed by atoms with Crippen LogP contribution in [0.1, 0.15) is 36.8 Å². The van der Waals surface area contributed by atoms with E-state index in [1.54, 1.807) is 12.4 Å². The Morgan fingerprint density at radius 3 is 1.75 bits per heavy atom. The average Bonchev–Trinajstić information content (AvgIpc) is 3.18. The molecule has 3 amide bonds. The second-order valence-electron chi connectivity index (χ2n) is 10.1. The van der Waals surface area contributed by atoms with Gasteiger partial charge >= 0.3 is 11.5 Å². The SMILES string of the molecule is CC(c1ccnc(N(C)C)c1)C1(C(C)c2ccnc(N(C)C)c2)NC(=O)N(c2ccc(SC(F)(F)F)cc2)C1=O. The number of alkyl halides is 3. The van der Waals surface area contributed by atoms with Gasteiger partial charge in [0, 0.05) is 57.3 Å². The number of rotatable bonds is 8. The molecule has 0 radical (unpaired) electrons. The van der Waals surface area contributed by atoms with Crippen LogP contribution in [0.5, 0.6) is 0 Å². The molecule has 2 atom stereocenters. The van der Waals surface area contributed by atoms with Crippen molar-refractivity contribution in [3.8, 4) is 0 Å². The van der Waals surface area contributed by atoms with Gasteiger partial charge in [-0.05, 0) is 71.4 Å². The Labute approximate surface area is 235 Å². The summed E-state index contributed by atoms with van der Waals surface area (Å²) in [6.07, 6.45) is 3.32. The third-order valence-electron chi connectivity index (χ3n) is 7.22. The Morgan fingerprint density at radius 1 is 0.850 bits per heavy atom. The molecule has 0 saturated carbocycles. The number of thioether (sulfide) groups is 1. The van der Waals surface area contributed by atoms with Crippen molar-refractivity contribution >= 4 is 41.0 Å². The second-order valence-corrected chi connectivity index (χ2v) is 11.2. The summed E-state index contributed by atoms with van der Waals surface area (Å²) in [5.74, 6) is -0.141. The standard InChI is InChI=1S/C28H31F3N6O2S/c1-17(19-11-13-32-23(15-19)35(3)4)27(18(2)20-12-14-33-24(16-20)36(5)6)25(38)37(26(39)34-27)21-7-9-22(10-8-21)40-28(29,30)31/h7-18H,1-6H3,(H,34,39). The monoisotopic (exact) mass is 572 g/mol. The molecule has 4 rings (SSSR count). The second kappa shape index (κ2) is 11.0. The Bertz CT molecular complexity index is 1340. The van der Waals surface area contributed by atoms with Gasteiger partial charge in [0.25, 0.3) is 5.91 Å². The van der Waals surface area contributed by atoms with E-state index in [2.05, 4.69) is 15.3 Å². The van der Waals surface area contributed by atoms with E-state index in [1.165, 1.54) is 24.3 Å². The number of nitrogens with one attached hydrogen (secondary N) is 1. The molecular weight excluding hydrogens is 541 g/mol. The first kappa shape index (κ1) is 29.2. The highest BCUT2D eigenvalue weighted by Gasteiger charge is 2.58. The van der Waals surface area contributed by atoms with Crippen molar-refractivity contribution in [2.24, 2.45) is 0 Å². The van der Waals surface area contributed by atoms with E-state index in [1.807, 2.05) is 76.1 Å². The number of imide groups is 1. The number of hydrogen-bond acceptors (Lipinski definition) is 7. The Balaban J connectivity index is 1.82. The fourth-order valence-corrected chi connectivity index (χ4v) is 5.52. The first-order valence-corrected chi connectivity index (χ1v) is 13.3. The lowest BCUT2D eigenvalue weighted by atomic mass is 9.70. The zero-order chi connectivity index (χ0) is 29.4. The molecule has 0 spiro atoms. The number of nitrogens with zero attached hydrogens (tertiary/aromatic N) is 5. The lowest BCUT2D eigenvalue weighted by Gasteiger charge is -2.39. The number of carbonyl (C=O) groups is 2. The van der Waals surface area contributed by atoms with Gasteiger partial charge in [-0.1, -0.05) is 13.8 Å². The van der Waals surface area contributed by atoms with E-state index in [-0.39, 0.29) is 22.3 Å². The first-order valence-electron chi connectivity index (χ1n) is 12.5. The average molecular weight is 573 g/mol. The van der Waals surface area contributed by atoms with Crippen molar-refractivity contribution in [2.75, 3.05) is 42.9 Å². The maximum atomic E-state index is 14.4. The van der Waals surface area contributed by atoms with E-state index >= 15 is 0 Å². The summed E-state index contributed by atoms with van der Waals surface area (Å²) in [4.78, 5) is 41.4. The van der Waals surface area contributed by atoms with E-state index in [4.69, 9.17) is 0 Å². The summed E-state index contributed by atoms with van der Waals surface area (Å²) in [5.41, 5.74) is -4.11. The lowest BCUT2D eigenvalue weighted by Crippen LogP contribution is -2.55. The fourth-order valence-electron chi connectivity index (χ4n) is 4.98. The van der Waals surface area contributed by atoms with Gasteiger partial charge in [0.05, 0.1) is 5.69 Å². The predicted molar refractivity (Wildman–Crippen MR) is 151 cm³/mol. The molecule has 212 valence electrons. The quantitative estimate of drug-likeness (QED) is 0.277. The molecule has 3 aromatic rings. The molecule has 1 N–H and O–H groups in total. The van der Waals surface area contributed by atoms with Crippen molar-refractivity contribution < 1.29 is 22.8 Å². The summed E-state index contributed by atoms with van der Waals surface area (Å²) >= 11 is -0.259. The van der Waals surface area contributed by atoms with E-state index in [9.17, 15) is 22.8 Å².